The molecule has 30 heavy (non-hydrogen) atoms. The normalized spacial score (nSPS) is 14.8. The van der Waals surface area contributed by atoms with Crippen molar-refractivity contribution in [1.29, 1.82) is 0 Å². The van der Waals surface area contributed by atoms with Crippen LogP contribution in [-0.2, 0) is 6.18 Å². The lowest BCUT2D eigenvalue weighted by Gasteiger charge is -2.36. The third-order valence-electron chi connectivity index (χ3n) is 5.00. The van der Waals surface area contributed by atoms with E-state index >= 15 is 0 Å². The molecule has 1 saturated heterocycles. The maximum atomic E-state index is 13.6. The fraction of sp³-hybridized carbons (Fsp3) is 0.286. The van der Waals surface area contributed by atoms with Crippen molar-refractivity contribution in [2.24, 2.45) is 0 Å². The first kappa shape index (κ1) is 19.9. The number of anilines is 1. The molecule has 2 aromatic carbocycles. The lowest BCUT2D eigenvalue weighted by atomic mass is 10.1. The molecule has 9 heteroatoms. The minimum absolute atomic E-state index is 0.186. The van der Waals surface area contributed by atoms with Crippen molar-refractivity contribution in [3.63, 3.8) is 0 Å². The summed E-state index contributed by atoms with van der Waals surface area (Å²) in [5.74, 6) is 0.185. The van der Waals surface area contributed by atoms with E-state index in [1.165, 1.54) is 18.1 Å². The molecule has 4 rings (SSSR count). The minimum Gasteiger partial charge on any atom is -0.497 e. The van der Waals surface area contributed by atoms with Crippen LogP contribution in [0.5, 0.6) is 5.75 Å². The maximum absolute atomic E-state index is 13.6. The monoisotopic (exact) mass is 416 g/mol. The Hall–Kier alpha value is -3.36. The van der Waals surface area contributed by atoms with Crippen LogP contribution in [0.4, 0.5) is 19.0 Å². The van der Waals surface area contributed by atoms with E-state index in [9.17, 15) is 18.0 Å². The topological polar surface area (TPSA) is 58.6 Å². The number of benzene rings is 2. The first-order chi connectivity index (χ1) is 14.4. The van der Waals surface area contributed by atoms with Crippen LogP contribution in [0.2, 0.25) is 0 Å². The average molecular weight is 416 g/mol. The minimum atomic E-state index is -4.63. The number of amides is 1. The average Bonchev–Trinajstić information content (AvgIpc) is 2.77. The number of hydrogen-bond acceptors (Lipinski definition) is 5. The number of ether oxygens (including phenoxy) is 1. The summed E-state index contributed by atoms with van der Waals surface area (Å²) in [6, 6.07) is 13.3. The molecule has 0 saturated carbocycles. The van der Waals surface area contributed by atoms with Crippen LogP contribution < -0.4 is 9.64 Å². The number of carbonyl (C=O) groups is 1. The standard InChI is InChI=1S/C21H19F3N4O2/c1-30-15-6-4-5-14(13-15)20(29)28-11-9-27(10-12-28)19-18(21(22,23)24)25-16-7-2-3-8-17(16)26-19/h2-8,13H,9-12H2,1H3. The van der Waals surface area contributed by atoms with Gasteiger partial charge in [0.1, 0.15) is 5.75 Å². The first-order valence-electron chi connectivity index (χ1n) is 9.39. The molecule has 1 aliphatic rings. The number of carbonyl (C=O) groups excluding carboxylic acids is 1. The number of rotatable bonds is 3. The zero-order valence-corrected chi connectivity index (χ0v) is 16.2. The Morgan fingerprint density at radius 2 is 1.63 bits per heavy atom. The molecule has 0 radical (unpaired) electrons. The van der Waals surface area contributed by atoms with Crippen molar-refractivity contribution in [2.45, 2.75) is 6.18 Å². The molecule has 1 aliphatic heterocycles. The lowest BCUT2D eigenvalue weighted by molar-refractivity contribution is -0.140. The van der Waals surface area contributed by atoms with Crippen molar-refractivity contribution >= 4 is 22.8 Å². The highest BCUT2D eigenvalue weighted by Crippen LogP contribution is 2.35. The second kappa shape index (κ2) is 7.81. The van der Waals surface area contributed by atoms with Gasteiger partial charge in [-0.25, -0.2) is 9.97 Å². The highest BCUT2D eigenvalue weighted by molar-refractivity contribution is 5.94. The number of piperazine rings is 1. The van der Waals surface area contributed by atoms with Gasteiger partial charge in [-0.05, 0) is 30.3 Å². The quantitative estimate of drug-likeness (QED) is 0.653. The van der Waals surface area contributed by atoms with Crippen molar-refractivity contribution < 1.29 is 22.7 Å². The van der Waals surface area contributed by atoms with E-state index in [1.807, 2.05) is 0 Å². The molecule has 0 N–H and O–H groups in total. The summed E-state index contributed by atoms with van der Waals surface area (Å²) in [4.78, 5) is 24.0. The molecule has 156 valence electrons. The van der Waals surface area contributed by atoms with Crippen LogP contribution in [0.25, 0.3) is 11.0 Å². The second-order valence-corrected chi connectivity index (χ2v) is 6.89. The molecule has 0 spiro atoms. The summed E-state index contributed by atoms with van der Waals surface area (Å²) in [6.07, 6.45) is -4.63. The summed E-state index contributed by atoms with van der Waals surface area (Å²) in [7, 11) is 1.52. The number of halogens is 3. The molecule has 1 fully saturated rings. The van der Waals surface area contributed by atoms with Gasteiger partial charge < -0.3 is 14.5 Å². The van der Waals surface area contributed by atoms with E-state index in [0.29, 0.717) is 16.8 Å². The molecular formula is C21H19F3N4O2. The van der Waals surface area contributed by atoms with E-state index in [4.69, 9.17) is 4.74 Å². The highest BCUT2D eigenvalue weighted by atomic mass is 19.4. The Kier molecular flexibility index (Phi) is 5.19. The molecular weight excluding hydrogens is 397 g/mol. The summed E-state index contributed by atoms with van der Waals surface area (Å²) in [5, 5.41) is 0. The summed E-state index contributed by atoms with van der Waals surface area (Å²) >= 11 is 0. The number of methoxy groups -OCH3 is 1. The van der Waals surface area contributed by atoms with Gasteiger partial charge in [-0.1, -0.05) is 18.2 Å². The van der Waals surface area contributed by atoms with Crippen LogP contribution in [0, 0.1) is 0 Å². The Balaban J connectivity index is 1.56. The van der Waals surface area contributed by atoms with Crippen molar-refractivity contribution in [3.05, 3.63) is 59.8 Å². The highest BCUT2D eigenvalue weighted by Gasteiger charge is 2.39. The van der Waals surface area contributed by atoms with Gasteiger partial charge in [0.25, 0.3) is 5.91 Å². The Labute approximate surface area is 170 Å². The molecule has 2 heterocycles. The number of fused-ring (bicyclic) bond motifs is 1. The Morgan fingerprint density at radius 1 is 0.967 bits per heavy atom. The maximum Gasteiger partial charge on any atom is 0.437 e. The molecule has 0 unspecified atom stereocenters. The van der Waals surface area contributed by atoms with Gasteiger partial charge >= 0.3 is 6.18 Å². The summed E-state index contributed by atoms with van der Waals surface area (Å²) < 4.78 is 46.0. The number of para-hydroxylation sites is 2. The molecule has 1 aromatic heterocycles. The van der Waals surface area contributed by atoms with Crippen LogP contribution in [0.15, 0.2) is 48.5 Å². The fourth-order valence-electron chi connectivity index (χ4n) is 3.46. The predicted molar refractivity (Wildman–Crippen MR) is 106 cm³/mol. The van der Waals surface area contributed by atoms with Gasteiger partial charge in [0.2, 0.25) is 0 Å². The van der Waals surface area contributed by atoms with Crippen LogP contribution >= 0.6 is 0 Å². The molecule has 0 aliphatic carbocycles. The van der Waals surface area contributed by atoms with E-state index in [-0.39, 0.29) is 43.4 Å². The van der Waals surface area contributed by atoms with Crippen molar-refractivity contribution in [2.75, 3.05) is 38.2 Å². The number of hydrogen-bond donors (Lipinski definition) is 0. The fourth-order valence-corrected chi connectivity index (χ4v) is 3.46. The predicted octanol–water partition coefficient (Wildman–Crippen LogP) is 3.62. The number of nitrogens with zero attached hydrogens (tertiary/aromatic N) is 4. The summed E-state index contributed by atoms with van der Waals surface area (Å²) in [5.41, 5.74) is 0.0637. The van der Waals surface area contributed by atoms with E-state index < -0.39 is 11.9 Å². The SMILES string of the molecule is COc1cccc(C(=O)N2CCN(c3nc4ccccc4nc3C(F)(F)F)CC2)c1. The number of aromatic nitrogens is 2. The summed E-state index contributed by atoms with van der Waals surface area (Å²) in [6.45, 7) is 1.02. The van der Waals surface area contributed by atoms with Gasteiger partial charge in [0, 0.05) is 31.7 Å². The van der Waals surface area contributed by atoms with Gasteiger partial charge in [0.15, 0.2) is 11.5 Å². The Morgan fingerprint density at radius 3 is 2.27 bits per heavy atom. The van der Waals surface area contributed by atoms with Crippen LogP contribution in [0.1, 0.15) is 16.1 Å². The molecule has 3 aromatic rings. The van der Waals surface area contributed by atoms with E-state index in [1.54, 1.807) is 47.4 Å². The molecule has 0 bridgehead atoms. The van der Waals surface area contributed by atoms with E-state index in [0.717, 1.165) is 0 Å². The van der Waals surface area contributed by atoms with Gasteiger partial charge in [-0.15, -0.1) is 0 Å². The second-order valence-electron chi connectivity index (χ2n) is 6.89. The third-order valence-corrected chi connectivity index (χ3v) is 5.00. The molecule has 1 amide bonds. The Bertz CT molecular complexity index is 1080. The van der Waals surface area contributed by atoms with Crippen LogP contribution in [0.3, 0.4) is 0 Å². The first-order valence-corrected chi connectivity index (χ1v) is 9.39. The van der Waals surface area contributed by atoms with Crippen LogP contribution in [-0.4, -0.2) is 54.1 Å². The van der Waals surface area contributed by atoms with Gasteiger partial charge in [0.05, 0.1) is 18.1 Å². The molecule has 6 nitrogen and oxygen atoms in total. The lowest BCUT2D eigenvalue weighted by Crippen LogP contribution is -2.49. The molecule has 0 atom stereocenters. The van der Waals surface area contributed by atoms with Crippen molar-refractivity contribution in [3.8, 4) is 5.75 Å². The van der Waals surface area contributed by atoms with Crippen molar-refractivity contribution in [1.82, 2.24) is 14.9 Å². The zero-order chi connectivity index (χ0) is 21.3. The zero-order valence-electron chi connectivity index (χ0n) is 16.2. The third kappa shape index (κ3) is 3.87. The van der Waals surface area contributed by atoms with Gasteiger partial charge in [-0.3, -0.25) is 4.79 Å². The van der Waals surface area contributed by atoms with E-state index in [2.05, 4.69) is 9.97 Å². The smallest absolute Gasteiger partial charge is 0.437 e. The van der Waals surface area contributed by atoms with Gasteiger partial charge in [-0.2, -0.15) is 13.2 Å². The largest absolute Gasteiger partial charge is 0.497 e. The number of alkyl halides is 3.